The van der Waals surface area contributed by atoms with Crippen LogP contribution in [0.25, 0.3) is 0 Å². The maximum absolute atomic E-state index is 12.2. The Morgan fingerprint density at radius 1 is 1.04 bits per heavy atom. The van der Waals surface area contributed by atoms with E-state index in [1.54, 1.807) is 19.1 Å². The van der Waals surface area contributed by atoms with Gasteiger partial charge in [0.05, 0.1) is 14.2 Å². The maximum atomic E-state index is 12.2. The standard InChI is InChI=1S/C21H35N3O3/c1-15(2)17(4)22-21(25)14-24-9-7-23(8-10-24)13-18-12-20(27-6)19(26-5)11-16(18)3/h11-12,15,17H,7-10,13-14H2,1-6H3,(H,22,25)/p+2/t17-/m1/s1. The number of amides is 1. The third kappa shape index (κ3) is 6.11. The summed E-state index contributed by atoms with van der Waals surface area (Å²) < 4.78 is 10.8. The fraction of sp³-hybridized carbons (Fsp3) is 0.667. The number of aryl methyl sites for hydroxylation is 1. The van der Waals surface area contributed by atoms with Gasteiger partial charge in [0.15, 0.2) is 18.0 Å². The fourth-order valence-corrected chi connectivity index (χ4v) is 3.49. The van der Waals surface area contributed by atoms with E-state index >= 15 is 0 Å². The van der Waals surface area contributed by atoms with Crippen LogP contribution in [0.5, 0.6) is 11.5 Å². The zero-order chi connectivity index (χ0) is 20.0. The largest absolute Gasteiger partial charge is 0.493 e. The molecular weight excluding hydrogens is 342 g/mol. The Bertz CT molecular complexity index is 625. The number of rotatable bonds is 8. The molecule has 1 aliphatic rings. The number of hydrogen-bond acceptors (Lipinski definition) is 3. The van der Waals surface area contributed by atoms with Crippen LogP contribution in [0.4, 0.5) is 0 Å². The van der Waals surface area contributed by atoms with Crippen LogP contribution in [0.2, 0.25) is 0 Å². The highest BCUT2D eigenvalue weighted by Crippen LogP contribution is 2.29. The molecule has 1 saturated heterocycles. The van der Waals surface area contributed by atoms with Crippen molar-refractivity contribution in [3.8, 4) is 11.5 Å². The van der Waals surface area contributed by atoms with Gasteiger partial charge in [-0.1, -0.05) is 13.8 Å². The SMILES string of the molecule is COc1cc(C)c(C[NH+]2CC[NH+](CC(=O)N[C@H](C)C(C)C)CC2)cc1OC. The Morgan fingerprint density at radius 2 is 1.59 bits per heavy atom. The lowest BCUT2D eigenvalue weighted by atomic mass is 10.1. The van der Waals surface area contributed by atoms with Crippen molar-refractivity contribution in [2.24, 2.45) is 5.92 Å². The second kappa shape index (κ2) is 9.95. The zero-order valence-corrected chi connectivity index (χ0v) is 17.8. The summed E-state index contributed by atoms with van der Waals surface area (Å²) in [4.78, 5) is 15.2. The van der Waals surface area contributed by atoms with E-state index in [2.05, 4.69) is 45.1 Å². The number of ether oxygens (including phenoxy) is 2. The van der Waals surface area contributed by atoms with Gasteiger partial charge < -0.3 is 24.6 Å². The van der Waals surface area contributed by atoms with Crippen LogP contribution < -0.4 is 24.6 Å². The van der Waals surface area contributed by atoms with Gasteiger partial charge in [0.25, 0.3) is 5.91 Å². The molecule has 0 spiro atoms. The topological polar surface area (TPSA) is 56.4 Å². The molecule has 0 unspecified atom stereocenters. The summed E-state index contributed by atoms with van der Waals surface area (Å²) in [6, 6.07) is 4.38. The highest BCUT2D eigenvalue weighted by atomic mass is 16.5. The first-order valence-corrected chi connectivity index (χ1v) is 10.0. The summed E-state index contributed by atoms with van der Waals surface area (Å²) in [5.74, 6) is 2.21. The first-order chi connectivity index (χ1) is 12.8. The molecular formula is C21H37N3O3+2. The minimum atomic E-state index is 0.172. The minimum absolute atomic E-state index is 0.172. The van der Waals surface area contributed by atoms with E-state index in [9.17, 15) is 4.79 Å². The highest BCUT2D eigenvalue weighted by molar-refractivity contribution is 5.77. The van der Waals surface area contributed by atoms with Crippen molar-refractivity contribution in [3.05, 3.63) is 23.3 Å². The second-order valence-corrected chi connectivity index (χ2v) is 8.09. The van der Waals surface area contributed by atoms with E-state index in [4.69, 9.17) is 9.47 Å². The van der Waals surface area contributed by atoms with E-state index < -0.39 is 0 Å². The Hall–Kier alpha value is -1.79. The Kier molecular flexibility index (Phi) is 7.92. The zero-order valence-electron chi connectivity index (χ0n) is 17.8. The van der Waals surface area contributed by atoms with Gasteiger partial charge in [-0.05, 0) is 37.5 Å². The molecule has 1 aliphatic heterocycles. The molecule has 0 aromatic heterocycles. The van der Waals surface area contributed by atoms with Crippen LogP contribution in [0.3, 0.4) is 0 Å². The van der Waals surface area contributed by atoms with Crippen LogP contribution in [0.1, 0.15) is 31.9 Å². The monoisotopic (exact) mass is 379 g/mol. The van der Waals surface area contributed by atoms with Crippen LogP contribution >= 0.6 is 0 Å². The summed E-state index contributed by atoms with van der Waals surface area (Å²) in [6.07, 6.45) is 0. The Labute approximate surface area is 163 Å². The van der Waals surface area contributed by atoms with Crippen molar-refractivity contribution in [2.75, 3.05) is 46.9 Å². The number of methoxy groups -OCH3 is 2. The number of quaternary nitrogens is 2. The minimum Gasteiger partial charge on any atom is -0.493 e. The lowest BCUT2D eigenvalue weighted by molar-refractivity contribution is -1.02. The third-order valence-electron chi connectivity index (χ3n) is 5.75. The number of hydrogen-bond donors (Lipinski definition) is 3. The first kappa shape index (κ1) is 21.5. The summed E-state index contributed by atoms with van der Waals surface area (Å²) in [5.41, 5.74) is 2.53. The molecule has 27 heavy (non-hydrogen) atoms. The smallest absolute Gasteiger partial charge is 0.275 e. The quantitative estimate of drug-likeness (QED) is 0.569. The summed E-state index contributed by atoms with van der Waals surface area (Å²) in [7, 11) is 3.35. The molecule has 0 saturated carbocycles. The van der Waals surface area contributed by atoms with Crippen molar-refractivity contribution < 1.29 is 24.1 Å². The second-order valence-electron chi connectivity index (χ2n) is 8.09. The number of nitrogens with one attached hydrogen (secondary N) is 3. The van der Waals surface area contributed by atoms with Crippen molar-refractivity contribution in [1.82, 2.24) is 5.32 Å². The average Bonchev–Trinajstić information content (AvgIpc) is 2.64. The normalized spacial score (nSPS) is 21.0. The fourth-order valence-electron chi connectivity index (χ4n) is 3.49. The van der Waals surface area contributed by atoms with E-state index in [0.717, 1.165) is 44.2 Å². The van der Waals surface area contributed by atoms with Gasteiger partial charge in [-0.2, -0.15) is 0 Å². The molecule has 1 amide bonds. The molecule has 1 fully saturated rings. The van der Waals surface area contributed by atoms with Gasteiger partial charge in [-0.25, -0.2) is 0 Å². The highest BCUT2D eigenvalue weighted by Gasteiger charge is 2.26. The molecule has 1 atom stereocenters. The van der Waals surface area contributed by atoms with Crippen molar-refractivity contribution in [3.63, 3.8) is 0 Å². The first-order valence-electron chi connectivity index (χ1n) is 10.0. The van der Waals surface area contributed by atoms with E-state index in [1.807, 2.05) is 0 Å². The Morgan fingerprint density at radius 3 is 2.15 bits per heavy atom. The van der Waals surface area contributed by atoms with E-state index in [-0.39, 0.29) is 11.9 Å². The molecule has 3 N–H and O–H groups in total. The molecule has 6 heteroatoms. The van der Waals surface area contributed by atoms with Crippen molar-refractivity contribution in [2.45, 2.75) is 40.3 Å². The van der Waals surface area contributed by atoms with Gasteiger partial charge in [-0.3, -0.25) is 4.79 Å². The Balaban J connectivity index is 1.85. The molecule has 0 bridgehead atoms. The van der Waals surface area contributed by atoms with Gasteiger partial charge >= 0.3 is 0 Å². The third-order valence-corrected chi connectivity index (χ3v) is 5.75. The summed E-state index contributed by atoms with van der Waals surface area (Å²) in [6.45, 7) is 14.3. The van der Waals surface area contributed by atoms with E-state index in [1.165, 1.54) is 16.0 Å². The van der Waals surface area contributed by atoms with Crippen molar-refractivity contribution in [1.29, 1.82) is 0 Å². The number of piperazine rings is 1. The molecule has 2 rings (SSSR count). The molecule has 6 nitrogen and oxygen atoms in total. The molecule has 1 aromatic rings. The lowest BCUT2D eigenvalue weighted by Crippen LogP contribution is -3.28. The number of carbonyl (C=O) groups is 1. The molecule has 152 valence electrons. The van der Waals surface area contributed by atoms with Gasteiger partial charge in [0.1, 0.15) is 32.7 Å². The predicted molar refractivity (Wildman–Crippen MR) is 107 cm³/mol. The van der Waals surface area contributed by atoms with E-state index in [0.29, 0.717) is 12.5 Å². The van der Waals surface area contributed by atoms with Crippen LogP contribution in [0.15, 0.2) is 12.1 Å². The average molecular weight is 380 g/mol. The number of benzene rings is 1. The maximum Gasteiger partial charge on any atom is 0.275 e. The van der Waals surface area contributed by atoms with Crippen LogP contribution in [-0.4, -0.2) is 58.9 Å². The summed E-state index contributed by atoms with van der Waals surface area (Å²) >= 11 is 0. The van der Waals surface area contributed by atoms with Gasteiger partial charge in [0.2, 0.25) is 0 Å². The van der Waals surface area contributed by atoms with Crippen LogP contribution in [-0.2, 0) is 11.3 Å². The number of carbonyl (C=O) groups excluding carboxylic acids is 1. The van der Waals surface area contributed by atoms with Crippen LogP contribution in [0, 0.1) is 12.8 Å². The predicted octanol–water partition coefficient (Wildman–Crippen LogP) is -0.544. The molecule has 0 aliphatic carbocycles. The van der Waals surface area contributed by atoms with Gasteiger partial charge in [-0.15, -0.1) is 0 Å². The molecule has 0 radical (unpaired) electrons. The molecule has 1 heterocycles. The van der Waals surface area contributed by atoms with Gasteiger partial charge in [0, 0.05) is 11.6 Å². The summed E-state index contributed by atoms with van der Waals surface area (Å²) in [5, 5.41) is 3.12. The molecule has 1 aromatic carbocycles. The lowest BCUT2D eigenvalue weighted by Gasteiger charge is -2.30. The van der Waals surface area contributed by atoms with Crippen molar-refractivity contribution >= 4 is 5.91 Å².